The molecule has 0 radical (unpaired) electrons. The highest BCUT2D eigenvalue weighted by atomic mass is 16.7. The molecule has 9 unspecified atom stereocenters. The van der Waals surface area contributed by atoms with E-state index >= 15 is 0 Å². The van der Waals surface area contributed by atoms with Gasteiger partial charge in [-0.1, -0.05) is 20.8 Å². The van der Waals surface area contributed by atoms with Crippen LogP contribution in [0.2, 0.25) is 0 Å². The number of aliphatic hydroxyl groups is 1. The van der Waals surface area contributed by atoms with Crippen LogP contribution in [0.5, 0.6) is 0 Å². The first-order valence-corrected chi connectivity index (χ1v) is 18.9. The van der Waals surface area contributed by atoms with Crippen molar-refractivity contribution in [2.24, 2.45) is 45.3 Å². The van der Waals surface area contributed by atoms with E-state index in [0.717, 1.165) is 44.6 Å². The first-order chi connectivity index (χ1) is 22.2. The molecule has 0 aromatic carbocycles. The van der Waals surface area contributed by atoms with E-state index in [4.69, 9.17) is 23.7 Å². The Hall–Kier alpha value is -1.26. The number of morpholine rings is 1. The summed E-state index contributed by atoms with van der Waals surface area (Å²) >= 11 is 0. The summed E-state index contributed by atoms with van der Waals surface area (Å²) in [5, 5.41) is 10.9. The van der Waals surface area contributed by atoms with Crippen LogP contribution >= 0.6 is 0 Å². The molecule has 9 heteroatoms. The Bertz CT molecular complexity index is 1270. The average Bonchev–Trinajstić information content (AvgIpc) is 3.30. The fourth-order valence-electron chi connectivity index (χ4n) is 13.6. The van der Waals surface area contributed by atoms with Crippen LogP contribution < -0.4 is 0 Å². The maximum atomic E-state index is 12.3. The van der Waals surface area contributed by atoms with Crippen molar-refractivity contribution in [2.45, 2.75) is 155 Å². The van der Waals surface area contributed by atoms with Crippen LogP contribution in [0.15, 0.2) is 0 Å². The summed E-state index contributed by atoms with van der Waals surface area (Å²) in [5.41, 5.74) is 0.0760. The Morgan fingerprint density at radius 3 is 2.51 bits per heavy atom. The monoisotopic (exact) mass is 659 g/mol. The van der Waals surface area contributed by atoms with Gasteiger partial charge >= 0.3 is 11.9 Å². The van der Waals surface area contributed by atoms with Crippen molar-refractivity contribution in [3.05, 3.63) is 0 Å². The van der Waals surface area contributed by atoms with Crippen molar-refractivity contribution in [3.63, 3.8) is 0 Å². The quantitative estimate of drug-likeness (QED) is 0.370. The number of rotatable bonds is 6. The zero-order valence-electron chi connectivity index (χ0n) is 29.6. The van der Waals surface area contributed by atoms with E-state index in [2.05, 4.69) is 25.7 Å². The van der Waals surface area contributed by atoms with Crippen LogP contribution in [0.3, 0.4) is 0 Å². The second-order valence-electron chi connectivity index (χ2n) is 18.4. The molecule has 8 fully saturated rings. The largest absolute Gasteiger partial charge is 0.464 e. The number of esters is 2. The van der Waals surface area contributed by atoms with Crippen LogP contribution in [0, 0.1) is 45.3 Å². The number of ether oxygens (including phenoxy) is 5. The summed E-state index contributed by atoms with van der Waals surface area (Å²) in [6.07, 6.45) is 11.8. The molecule has 3 heterocycles. The molecule has 0 amide bonds. The van der Waals surface area contributed by atoms with Gasteiger partial charge in [0.15, 0.2) is 12.4 Å². The number of fused-ring (bicyclic) bond motifs is 4. The van der Waals surface area contributed by atoms with Gasteiger partial charge < -0.3 is 28.8 Å². The van der Waals surface area contributed by atoms with Gasteiger partial charge in [0.1, 0.15) is 6.04 Å². The molecule has 0 bridgehead atoms. The predicted octanol–water partition coefficient (Wildman–Crippen LogP) is 5.50. The van der Waals surface area contributed by atoms with E-state index < -0.39 is 11.7 Å². The van der Waals surface area contributed by atoms with Gasteiger partial charge in [-0.15, -0.1) is 0 Å². The molecule has 5 saturated carbocycles. The standard InChI is InChI=1S/C38H59NO8.H2/c1-22(40)45-32(35(4,5)42)27-9-7-24-28(46-27)19-25-23-8-10-29-34(2,3)30(11-13-38(29)21-37(23,38)15-14-36(24,25)6)47-31-20-39(16-18-43-31)26-12-17-44-33(26)41;/h23-32,42H,7-21H2,1-6H3;1H/t23?,24-,25?,26+,27?,28?,29?,30-,31?,32-,36?,37?,38?;/m0./s1. The second kappa shape index (κ2) is 11.1. The highest BCUT2D eigenvalue weighted by Gasteiger charge is 2.80. The number of hydrogen-bond acceptors (Lipinski definition) is 9. The molecule has 1 N–H and O–H groups in total. The van der Waals surface area contributed by atoms with Crippen molar-refractivity contribution >= 4 is 11.9 Å². The smallest absolute Gasteiger partial charge is 0.323 e. The van der Waals surface area contributed by atoms with E-state index in [-0.39, 0.29) is 49.4 Å². The van der Waals surface area contributed by atoms with E-state index in [1.165, 1.54) is 45.4 Å². The number of cyclic esters (lactones) is 1. The van der Waals surface area contributed by atoms with Gasteiger partial charge in [0, 0.05) is 21.3 Å². The zero-order chi connectivity index (χ0) is 33.1. The summed E-state index contributed by atoms with van der Waals surface area (Å²) in [6, 6.07) is -0.154. The molecular formula is C38H61NO8. The molecule has 8 aliphatic rings. The van der Waals surface area contributed by atoms with Gasteiger partial charge in [-0.2, -0.15) is 0 Å². The lowest BCUT2D eigenvalue weighted by molar-refractivity contribution is -0.247. The van der Waals surface area contributed by atoms with Gasteiger partial charge in [0.2, 0.25) is 0 Å². The van der Waals surface area contributed by atoms with Crippen LogP contribution in [0.4, 0.5) is 0 Å². The van der Waals surface area contributed by atoms with Crippen molar-refractivity contribution in [1.29, 1.82) is 0 Å². The Kier molecular flexibility index (Phi) is 7.79. The summed E-state index contributed by atoms with van der Waals surface area (Å²) < 4.78 is 30.8. The van der Waals surface area contributed by atoms with Gasteiger partial charge in [-0.3, -0.25) is 14.5 Å². The molecule has 3 aliphatic heterocycles. The third kappa shape index (κ3) is 4.93. The maximum Gasteiger partial charge on any atom is 0.323 e. The molecule has 266 valence electrons. The molecule has 0 aromatic rings. The SMILES string of the molecule is CC(=O)O[C@@H](C1CC[C@H]2C(CC3C4CCC5C(C)(C)[C@@H](OC6CN([C@@H]7CCOC7=O)CCO6)CCC56CC46CCC32C)O1)C(C)(C)O.[HH]. The van der Waals surface area contributed by atoms with Gasteiger partial charge in [-0.05, 0) is 123 Å². The Labute approximate surface area is 282 Å². The third-order valence-corrected chi connectivity index (χ3v) is 15.6. The lowest BCUT2D eigenvalue weighted by Gasteiger charge is -2.60. The van der Waals surface area contributed by atoms with Gasteiger partial charge in [0.05, 0.1) is 43.7 Å². The van der Waals surface area contributed by atoms with Gasteiger partial charge in [0.25, 0.3) is 0 Å². The van der Waals surface area contributed by atoms with Crippen molar-refractivity contribution in [1.82, 2.24) is 4.90 Å². The summed E-state index contributed by atoms with van der Waals surface area (Å²) in [7, 11) is 0. The minimum Gasteiger partial charge on any atom is -0.464 e. The normalized spacial score (nSPS) is 49.4. The van der Waals surface area contributed by atoms with E-state index in [1.807, 2.05) is 0 Å². The Morgan fingerprint density at radius 2 is 1.79 bits per heavy atom. The van der Waals surface area contributed by atoms with E-state index in [0.29, 0.717) is 53.8 Å². The summed E-state index contributed by atoms with van der Waals surface area (Å²) in [6.45, 7) is 14.9. The van der Waals surface area contributed by atoms with Crippen molar-refractivity contribution in [3.8, 4) is 0 Å². The minimum absolute atomic E-state index is 0. The number of carbonyl (C=O) groups excluding carboxylic acids is 2. The third-order valence-electron chi connectivity index (χ3n) is 15.6. The molecule has 13 atom stereocenters. The lowest BCUT2D eigenvalue weighted by atomic mass is 9.46. The van der Waals surface area contributed by atoms with Gasteiger partial charge in [-0.25, -0.2) is 0 Å². The fourth-order valence-corrected chi connectivity index (χ4v) is 13.6. The number of nitrogens with zero attached hydrogens (tertiary/aromatic N) is 1. The zero-order valence-corrected chi connectivity index (χ0v) is 29.6. The van der Waals surface area contributed by atoms with Crippen LogP contribution in [0.1, 0.15) is 114 Å². The highest BCUT2D eigenvalue weighted by molar-refractivity contribution is 5.77. The second-order valence-corrected chi connectivity index (χ2v) is 18.4. The van der Waals surface area contributed by atoms with Crippen LogP contribution in [0.25, 0.3) is 0 Å². The number of carbonyl (C=O) groups is 2. The first kappa shape index (κ1) is 32.9. The maximum absolute atomic E-state index is 12.3. The molecule has 5 aliphatic carbocycles. The summed E-state index contributed by atoms with van der Waals surface area (Å²) in [4.78, 5) is 26.5. The summed E-state index contributed by atoms with van der Waals surface area (Å²) in [5.74, 6) is 2.14. The molecule has 2 spiro atoms. The molecular weight excluding hydrogens is 598 g/mol. The van der Waals surface area contributed by atoms with E-state index in [1.54, 1.807) is 13.8 Å². The Balaban J connectivity index is 0.00000364. The Morgan fingerprint density at radius 1 is 1.00 bits per heavy atom. The minimum atomic E-state index is -1.15. The molecule has 3 saturated heterocycles. The predicted molar refractivity (Wildman–Crippen MR) is 175 cm³/mol. The van der Waals surface area contributed by atoms with E-state index in [9.17, 15) is 14.7 Å². The highest BCUT2D eigenvalue weighted by Crippen LogP contribution is 2.87. The average molecular weight is 660 g/mol. The van der Waals surface area contributed by atoms with Crippen LogP contribution in [-0.4, -0.2) is 90.6 Å². The molecule has 8 rings (SSSR count). The first-order valence-electron chi connectivity index (χ1n) is 18.9. The fraction of sp³-hybridized carbons (Fsp3) is 0.947. The van der Waals surface area contributed by atoms with Crippen LogP contribution in [-0.2, 0) is 33.3 Å². The van der Waals surface area contributed by atoms with Crippen molar-refractivity contribution in [2.75, 3.05) is 26.3 Å². The number of hydrogen-bond donors (Lipinski definition) is 1. The van der Waals surface area contributed by atoms with Crippen molar-refractivity contribution < 1.29 is 39.8 Å². The lowest BCUT2D eigenvalue weighted by Crippen LogP contribution is -2.57. The molecule has 0 aromatic heterocycles. The molecule has 47 heavy (non-hydrogen) atoms. The topological polar surface area (TPSA) is 104 Å². The molecule has 9 nitrogen and oxygen atoms in total.